The van der Waals surface area contributed by atoms with Gasteiger partial charge in [0, 0.05) is 29.8 Å². The highest BCUT2D eigenvalue weighted by atomic mass is 32.1. The molecule has 1 aliphatic heterocycles. The van der Waals surface area contributed by atoms with Crippen LogP contribution in [0.5, 0.6) is 11.5 Å². The Kier molecular flexibility index (Phi) is 6.13. The van der Waals surface area contributed by atoms with Gasteiger partial charge in [-0.3, -0.25) is 9.97 Å². The number of anilines is 1. The van der Waals surface area contributed by atoms with Crippen LogP contribution in [-0.2, 0) is 0 Å². The summed E-state index contributed by atoms with van der Waals surface area (Å²) >= 11 is 5.91. The Balaban J connectivity index is 1.72. The molecule has 0 spiro atoms. The van der Waals surface area contributed by atoms with E-state index in [2.05, 4.69) is 50.7 Å². The van der Waals surface area contributed by atoms with Crippen molar-refractivity contribution < 1.29 is 9.47 Å². The number of thiocarbonyl (C=S) groups is 1. The van der Waals surface area contributed by atoms with Gasteiger partial charge in [-0.15, -0.1) is 0 Å². The number of benzene rings is 1. The second kappa shape index (κ2) is 9.38. The van der Waals surface area contributed by atoms with Crippen molar-refractivity contribution in [2.75, 3.05) is 19.1 Å². The van der Waals surface area contributed by atoms with Crippen LogP contribution in [0.3, 0.4) is 0 Å². The average molecular weight is 486 g/mol. The zero-order valence-electron chi connectivity index (χ0n) is 20.1. The van der Waals surface area contributed by atoms with Crippen LogP contribution in [0.15, 0.2) is 73.2 Å². The minimum absolute atomic E-state index is 0.164. The number of rotatable bonds is 6. The Morgan fingerprint density at radius 3 is 2.51 bits per heavy atom. The van der Waals surface area contributed by atoms with Crippen LogP contribution in [0, 0.1) is 13.8 Å². The smallest absolute Gasteiger partial charge is 0.174 e. The first-order chi connectivity index (χ1) is 17.0. The molecule has 0 unspecified atom stereocenters. The molecule has 0 saturated carbocycles. The van der Waals surface area contributed by atoms with E-state index in [1.165, 1.54) is 0 Å². The molecule has 1 saturated heterocycles. The molecule has 7 nitrogen and oxygen atoms in total. The summed E-state index contributed by atoms with van der Waals surface area (Å²) < 4.78 is 13.5. The maximum atomic E-state index is 5.91. The van der Waals surface area contributed by atoms with E-state index in [4.69, 9.17) is 21.7 Å². The number of aryl methyl sites for hydroxylation is 1. The van der Waals surface area contributed by atoms with E-state index in [1.807, 2.05) is 54.9 Å². The van der Waals surface area contributed by atoms with Crippen LogP contribution in [0.4, 0.5) is 5.69 Å². The summed E-state index contributed by atoms with van der Waals surface area (Å²) in [6.07, 6.45) is 5.47. The quantitative estimate of drug-likeness (QED) is 0.382. The zero-order valence-corrected chi connectivity index (χ0v) is 20.9. The summed E-state index contributed by atoms with van der Waals surface area (Å²) in [5.74, 6) is 1.44. The third-order valence-corrected chi connectivity index (χ3v) is 6.75. The molecule has 0 bridgehead atoms. The highest BCUT2D eigenvalue weighted by Crippen LogP contribution is 2.47. The van der Waals surface area contributed by atoms with Gasteiger partial charge in [-0.1, -0.05) is 6.07 Å². The molecule has 0 aliphatic carbocycles. The lowest BCUT2D eigenvalue weighted by Crippen LogP contribution is -2.30. The molecule has 5 rings (SSSR count). The van der Waals surface area contributed by atoms with Crippen molar-refractivity contribution in [1.82, 2.24) is 19.9 Å². The summed E-state index contributed by atoms with van der Waals surface area (Å²) in [6.45, 7) is 4.24. The molecular weight excluding hydrogens is 458 g/mol. The number of nitrogens with one attached hydrogen (secondary N) is 1. The lowest BCUT2D eigenvalue weighted by atomic mass is 9.96. The molecule has 0 radical (unpaired) electrons. The SMILES string of the molecule is COc1ccc(OC)c(N2C(=S)N[C@H](c3ccccn3)[C@H]2c2cc(C)n(-c3cccnc3)c2C)c1. The van der Waals surface area contributed by atoms with Crippen LogP contribution in [-0.4, -0.2) is 33.9 Å². The molecule has 4 aromatic rings. The molecular formula is C27H27N5O2S. The normalized spacial score (nSPS) is 17.4. The summed E-state index contributed by atoms with van der Waals surface area (Å²) in [4.78, 5) is 11.1. The van der Waals surface area contributed by atoms with Gasteiger partial charge in [0.25, 0.3) is 0 Å². The molecule has 35 heavy (non-hydrogen) atoms. The van der Waals surface area contributed by atoms with Crippen molar-refractivity contribution in [3.8, 4) is 17.2 Å². The van der Waals surface area contributed by atoms with Crippen molar-refractivity contribution >= 4 is 23.0 Å². The molecule has 1 aliphatic rings. The van der Waals surface area contributed by atoms with Crippen LogP contribution in [0.2, 0.25) is 0 Å². The first-order valence-electron chi connectivity index (χ1n) is 11.4. The highest BCUT2D eigenvalue weighted by Gasteiger charge is 2.43. The predicted octanol–water partition coefficient (Wildman–Crippen LogP) is 5.08. The predicted molar refractivity (Wildman–Crippen MR) is 141 cm³/mol. The Morgan fingerprint density at radius 2 is 1.83 bits per heavy atom. The van der Waals surface area contributed by atoms with E-state index >= 15 is 0 Å². The monoisotopic (exact) mass is 485 g/mol. The van der Waals surface area contributed by atoms with Gasteiger partial charge in [-0.05, 0) is 74.1 Å². The summed E-state index contributed by atoms with van der Waals surface area (Å²) in [6, 6.07) is 17.6. The lowest BCUT2D eigenvalue weighted by Gasteiger charge is -2.29. The van der Waals surface area contributed by atoms with Gasteiger partial charge in [0.15, 0.2) is 5.11 Å². The van der Waals surface area contributed by atoms with Gasteiger partial charge in [-0.25, -0.2) is 0 Å². The van der Waals surface area contributed by atoms with Crippen LogP contribution in [0.25, 0.3) is 5.69 Å². The van der Waals surface area contributed by atoms with Crippen molar-refractivity contribution in [3.05, 3.63) is 95.8 Å². The first kappa shape index (κ1) is 22.9. The molecule has 8 heteroatoms. The van der Waals surface area contributed by atoms with Crippen molar-refractivity contribution in [2.24, 2.45) is 0 Å². The van der Waals surface area contributed by atoms with E-state index in [0.29, 0.717) is 10.9 Å². The number of pyridine rings is 2. The number of ether oxygens (including phenoxy) is 2. The van der Waals surface area contributed by atoms with Gasteiger partial charge < -0.3 is 24.3 Å². The third-order valence-electron chi connectivity index (χ3n) is 6.44. The molecule has 3 aromatic heterocycles. The van der Waals surface area contributed by atoms with Gasteiger partial charge in [-0.2, -0.15) is 0 Å². The fourth-order valence-electron chi connectivity index (χ4n) is 4.89. The summed E-state index contributed by atoms with van der Waals surface area (Å²) in [5.41, 5.74) is 6.12. The second-order valence-corrected chi connectivity index (χ2v) is 8.79. The van der Waals surface area contributed by atoms with E-state index < -0.39 is 0 Å². The summed E-state index contributed by atoms with van der Waals surface area (Å²) in [5, 5.41) is 4.13. The zero-order chi connectivity index (χ0) is 24.5. The van der Waals surface area contributed by atoms with Gasteiger partial charge in [0.2, 0.25) is 0 Å². The minimum Gasteiger partial charge on any atom is -0.497 e. The second-order valence-electron chi connectivity index (χ2n) is 8.41. The molecule has 1 fully saturated rings. The van der Waals surface area contributed by atoms with E-state index in [1.54, 1.807) is 20.4 Å². The van der Waals surface area contributed by atoms with Crippen molar-refractivity contribution in [1.29, 1.82) is 0 Å². The Bertz CT molecular complexity index is 1360. The molecule has 178 valence electrons. The van der Waals surface area contributed by atoms with Crippen LogP contribution >= 0.6 is 12.2 Å². The molecule has 1 N–H and O–H groups in total. The first-order valence-corrected chi connectivity index (χ1v) is 11.8. The Morgan fingerprint density at radius 1 is 0.971 bits per heavy atom. The fraction of sp³-hybridized carbons (Fsp3) is 0.222. The minimum atomic E-state index is -0.171. The van der Waals surface area contributed by atoms with Crippen LogP contribution < -0.4 is 19.7 Å². The average Bonchev–Trinajstić information content (AvgIpc) is 3.39. The molecule has 2 atom stereocenters. The Hall–Kier alpha value is -3.91. The van der Waals surface area contributed by atoms with Crippen LogP contribution in [0.1, 0.15) is 34.7 Å². The maximum absolute atomic E-state index is 5.91. The highest BCUT2D eigenvalue weighted by molar-refractivity contribution is 7.80. The van der Waals surface area contributed by atoms with Gasteiger partial charge in [0.1, 0.15) is 11.5 Å². The van der Waals surface area contributed by atoms with Crippen molar-refractivity contribution in [2.45, 2.75) is 25.9 Å². The Labute approximate surface area is 210 Å². The third kappa shape index (κ3) is 4.00. The van der Waals surface area contributed by atoms with E-state index in [0.717, 1.165) is 39.8 Å². The summed E-state index contributed by atoms with van der Waals surface area (Å²) in [7, 11) is 3.32. The molecule has 0 amide bonds. The van der Waals surface area contributed by atoms with Gasteiger partial charge in [0.05, 0.1) is 49.6 Å². The van der Waals surface area contributed by atoms with E-state index in [-0.39, 0.29) is 12.1 Å². The number of hydrogen-bond donors (Lipinski definition) is 1. The van der Waals surface area contributed by atoms with Gasteiger partial charge >= 0.3 is 0 Å². The molecule has 1 aromatic carbocycles. The van der Waals surface area contributed by atoms with E-state index in [9.17, 15) is 0 Å². The standard InChI is InChI=1S/C27H27N5O2S/c1-17-14-21(18(2)31(17)19-8-7-12-28-16-19)26-25(22-9-5-6-13-29-22)30-27(35)32(26)23-15-20(33-3)10-11-24(23)34-4/h5-16,25-26H,1-4H3,(H,30,35)/t25-,26-/m1/s1. The number of hydrogen-bond acceptors (Lipinski definition) is 5. The number of methoxy groups -OCH3 is 2. The van der Waals surface area contributed by atoms with Crippen molar-refractivity contribution in [3.63, 3.8) is 0 Å². The lowest BCUT2D eigenvalue weighted by molar-refractivity contribution is 0.403. The number of aromatic nitrogens is 3. The number of nitrogens with zero attached hydrogens (tertiary/aromatic N) is 4. The topological polar surface area (TPSA) is 64.4 Å². The largest absolute Gasteiger partial charge is 0.497 e. The fourth-order valence-corrected chi connectivity index (χ4v) is 5.22. The molecule has 4 heterocycles. The maximum Gasteiger partial charge on any atom is 0.174 e.